The van der Waals surface area contributed by atoms with E-state index < -0.39 is 33.6 Å². The summed E-state index contributed by atoms with van der Waals surface area (Å²) in [5.74, 6) is -0.333. The molecule has 8 nitrogen and oxygen atoms in total. The van der Waals surface area contributed by atoms with Gasteiger partial charge in [0.2, 0.25) is 10.0 Å². The lowest BCUT2D eigenvalue weighted by Gasteiger charge is -2.38. The average Bonchev–Trinajstić information content (AvgIpc) is 3.08. The summed E-state index contributed by atoms with van der Waals surface area (Å²) in [5.41, 5.74) is -0.996. The van der Waals surface area contributed by atoms with Crippen LogP contribution < -0.4 is 14.4 Å². The summed E-state index contributed by atoms with van der Waals surface area (Å²) in [6.07, 6.45) is -4.58. The van der Waals surface area contributed by atoms with Crippen molar-refractivity contribution in [1.82, 2.24) is 4.31 Å². The average molecular weight is 486 g/mol. The first kappa shape index (κ1) is 23.3. The summed E-state index contributed by atoms with van der Waals surface area (Å²) in [7, 11) is -2.40. The number of sulfonamides is 1. The highest BCUT2D eigenvalue weighted by Crippen LogP contribution is 2.36. The molecule has 0 aromatic heterocycles. The number of benzene rings is 2. The van der Waals surface area contributed by atoms with Gasteiger partial charge >= 0.3 is 6.36 Å². The first-order valence-corrected chi connectivity index (χ1v) is 11.4. The van der Waals surface area contributed by atoms with Gasteiger partial charge in [-0.25, -0.2) is 8.42 Å². The molecule has 4 rings (SSSR count). The largest absolute Gasteiger partial charge is 0.573 e. The summed E-state index contributed by atoms with van der Waals surface area (Å²) < 4.78 is 79.3. The quantitative estimate of drug-likeness (QED) is 0.646. The molecule has 2 aromatic carbocycles. The Kier molecular flexibility index (Phi) is 6.01. The zero-order chi connectivity index (χ0) is 23.9. The summed E-state index contributed by atoms with van der Waals surface area (Å²) in [6, 6.07) is 10.9. The van der Waals surface area contributed by atoms with Crippen LogP contribution in [-0.2, 0) is 19.6 Å². The van der Waals surface area contributed by atoms with E-state index in [-0.39, 0.29) is 37.6 Å². The molecule has 0 saturated carbocycles. The van der Waals surface area contributed by atoms with E-state index in [1.807, 2.05) is 0 Å². The van der Waals surface area contributed by atoms with Crippen LogP contribution in [0.3, 0.4) is 0 Å². The van der Waals surface area contributed by atoms with Crippen LogP contribution in [0.15, 0.2) is 53.4 Å². The van der Waals surface area contributed by atoms with Crippen LogP contribution in [0.5, 0.6) is 11.5 Å². The van der Waals surface area contributed by atoms with Gasteiger partial charge in [0.05, 0.1) is 25.2 Å². The van der Waals surface area contributed by atoms with Gasteiger partial charge in [0.25, 0.3) is 5.91 Å². The summed E-state index contributed by atoms with van der Waals surface area (Å²) >= 11 is 0. The van der Waals surface area contributed by atoms with Crippen LogP contribution in [0, 0.1) is 0 Å². The second-order valence-electron chi connectivity index (χ2n) is 7.61. The van der Waals surface area contributed by atoms with Gasteiger partial charge in [-0.1, -0.05) is 0 Å². The zero-order valence-corrected chi connectivity index (χ0v) is 18.4. The Morgan fingerprint density at radius 2 is 1.64 bits per heavy atom. The van der Waals surface area contributed by atoms with Crippen LogP contribution in [0.2, 0.25) is 0 Å². The number of hydrogen-bond donors (Lipinski definition) is 0. The molecule has 33 heavy (non-hydrogen) atoms. The number of ether oxygens (including phenoxy) is 3. The fraction of sp³-hybridized carbons (Fsp3) is 0.381. The molecule has 2 heterocycles. The van der Waals surface area contributed by atoms with Crippen LogP contribution in [0.4, 0.5) is 18.9 Å². The lowest BCUT2D eigenvalue weighted by molar-refractivity contribution is -0.274. The number of hydrogen-bond acceptors (Lipinski definition) is 6. The van der Waals surface area contributed by atoms with E-state index in [2.05, 4.69) is 4.74 Å². The maximum absolute atomic E-state index is 13.2. The van der Waals surface area contributed by atoms with E-state index in [4.69, 9.17) is 9.47 Å². The Hall–Kier alpha value is -2.83. The molecule has 2 aliphatic rings. The van der Waals surface area contributed by atoms with Gasteiger partial charge in [0.1, 0.15) is 11.5 Å². The topological polar surface area (TPSA) is 85.4 Å². The highest BCUT2D eigenvalue weighted by atomic mass is 32.2. The molecule has 1 spiro atoms. The molecular weight excluding hydrogens is 465 g/mol. The van der Waals surface area contributed by atoms with Gasteiger partial charge in [-0.15, -0.1) is 13.2 Å². The summed E-state index contributed by atoms with van der Waals surface area (Å²) in [4.78, 5) is 14.7. The number of carbonyl (C=O) groups is 1. The molecule has 2 aliphatic heterocycles. The van der Waals surface area contributed by atoms with E-state index in [1.165, 1.54) is 52.7 Å². The third-order valence-corrected chi connectivity index (χ3v) is 7.46. The third kappa shape index (κ3) is 4.63. The van der Waals surface area contributed by atoms with E-state index >= 15 is 0 Å². The van der Waals surface area contributed by atoms with Gasteiger partial charge in [-0.05, 0) is 48.5 Å². The number of rotatable bonds is 5. The maximum atomic E-state index is 13.2. The Morgan fingerprint density at radius 3 is 2.24 bits per heavy atom. The number of amides is 1. The highest BCUT2D eigenvalue weighted by Gasteiger charge is 2.52. The van der Waals surface area contributed by atoms with Crippen molar-refractivity contribution in [3.05, 3.63) is 48.5 Å². The smallest absolute Gasteiger partial charge is 0.497 e. The molecule has 2 aromatic rings. The predicted molar refractivity (Wildman–Crippen MR) is 111 cm³/mol. The van der Waals surface area contributed by atoms with Crippen LogP contribution in [0.25, 0.3) is 0 Å². The van der Waals surface area contributed by atoms with Crippen molar-refractivity contribution in [3.8, 4) is 11.5 Å². The zero-order valence-electron chi connectivity index (χ0n) is 17.5. The van der Waals surface area contributed by atoms with Gasteiger partial charge < -0.3 is 19.1 Å². The summed E-state index contributed by atoms with van der Waals surface area (Å²) in [6.45, 7) is 0.195. The second kappa shape index (κ2) is 8.50. The number of methoxy groups -OCH3 is 1. The SMILES string of the molecule is COc1ccc(S(=O)(=O)N2CCOC3(CCN(c4ccc(OC(F)(F)F)cc4)C3=O)C2)cc1. The number of anilines is 1. The number of morpholine rings is 1. The Morgan fingerprint density at radius 1 is 1.00 bits per heavy atom. The summed E-state index contributed by atoms with van der Waals surface area (Å²) in [5, 5.41) is 0. The van der Waals surface area contributed by atoms with Crippen molar-refractivity contribution < 1.29 is 40.6 Å². The third-order valence-electron chi connectivity index (χ3n) is 5.60. The molecular formula is C21H21F3N2O6S. The second-order valence-corrected chi connectivity index (χ2v) is 9.54. The van der Waals surface area contributed by atoms with Crippen molar-refractivity contribution in [1.29, 1.82) is 0 Å². The minimum atomic E-state index is -4.82. The molecule has 178 valence electrons. The van der Waals surface area contributed by atoms with Gasteiger partial charge in [-0.2, -0.15) is 4.31 Å². The predicted octanol–water partition coefficient (Wildman–Crippen LogP) is 2.79. The van der Waals surface area contributed by atoms with Crippen molar-refractivity contribution in [2.24, 2.45) is 0 Å². The minimum Gasteiger partial charge on any atom is -0.497 e. The van der Waals surface area contributed by atoms with E-state index in [0.717, 1.165) is 12.1 Å². The van der Waals surface area contributed by atoms with Crippen LogP contribution >= 0.6 is 0 Å². The number of carbonyl (C=O) groups excluding carboxylic acids is 1. The first-order chi connectivity index (χ1) is 15.5. The molecule has 2 fully saturated rings. The van der Waals surface area contributed by atoms with Crippen LogP contribution in [-0.4, -0.2) is 63.9 Å². The molecule has 0 radical (unpaired) electrons. The van der Waals surface area contributed by atoms with E-state index in [0.29, 0.717) is 11.4 Å². The van der Waals surface area contributed by atoms with Crippen molar-refractivity contribution in [2.45, 2.75) is 23.3 Å². The molecule has 0 N–H and O–H groups in total. The van der Waals surface area contributed by atoms with E-state index in [9.17, 15) is 26.4 Å². The van der Waals surface area contributed by atoms with Gasteiger partial charge in [-0.3, -0.25) is 4.79 Å². The van der Waals surface area contributed by atoms with Gasteiger partial charge in [0, 0.05) is 25.2 Å². The van der Waals surface area contributed by atoms with Crippen LogP contribution in [0.1, 0.15) is 6.42 Å². The monoisotopic (exact) mass is 486 g/mol. The molecule has 12 heteroatoms. The van der Waals surface area contributed by atoms with Crippen molar-refractivity contribution in [2.75, 3.05) is 38.3 Å². The fourth-order valence-corrected chi connectivity index (χ4v) is 5.43. The number of halogens is 3. The van der Waals surface area contributed by atoms with Crippen molar-refractivity contribution >= 4 is 21.6 Å². The molecule has 1 unspecified atom stereocenters. The standard InChI is InChI=1S/C21H21F3N2O6S/c1-30-16-6-8-18(9-7-16)33(28,29)25-12-13-31-20(14-25)10-11-26(19(20)27)15-2-4-17(5-3-15)32-21(22,23)24/h2-9H,10-14H2,1H3. The Labute approximate surface area is 188 Å². The molecule has 1 amide bonds. The lowest BCUT2D eigenvalue weighted by Crippen LogP contribution is -2.57. The first-order valence-electron chi connectivity index (χ1n) is 10.0. The Balaban J connectivity index is 1.51. The van der Waals surface area contributed by atoms with Gasteiger partial charge in [0.15, 0.2) is 5.60 Å². The van der Waals surface area contributed by atoms with E-state index in [1.54, 1.807) is 0 Å². The maximum Gasteiger partial charge on any atom is 0.573 e. The molecule has 0 aliphatic carbocycles. The highest BCUT2D eigenvalue weighted by molar-refractivity contribution is 7.89. The molecule has 0 bridgehead atoms. The normalized spacial score (nSPS) is 22.1. The lowest BCUT2D eigenvalue weighted by atomic mass is 10.0. The van der Waals surface area contributed by atoms with Crippen molar-refractivity contribution in [3.63, 3.8) is 0 Å². The minimum absolute atomic E-state index is 0.0350. The molecule has 1 atom stereocenters. The molecule has 2 saturated heterocycles. The fourth-order valence-electron chi connectivity index (χ4n) is 3.96. The Bertz CT molecular complexity index is 1120. The number of nitrogens with zero attached hydrogens (tertiary/aromatic N) is 2. The number of alkyl halides is 3.